The quantitative estimate of drug-likeness (QED) is 0.706. The average Bonchev–Trinajstić information content (AvgIpc) is 2.76. The summed E-state index contributed by atoms with van der Waals surface area (Å²) in [6.07, 6.45) is -4.48. The van der Waals surface area contributed by atoms with Gasteiger partial charge < -0.3 is 15.3 Å². The van der Waals surface area contributed by atoms with Gasteiger partial charge in [-0.2, -0.15) is 13.2 Å². The fourth-order valence-electron chi connectivity index (χ4n) is 3.86. The van der Waals surface area contributed by atoms with Gasteiger partial charge >= 0.3 is 12.1 Å². The van der Waals surface area contributed by atoms with Crippen LogP contribution in [0.2, 0.25) is 0 Å². The van der Waals surface area contributed by atoms with Gasteiger partial charge in [-0.05, 0) is 31.7 Å². The minimum atomic E-state index is -4.73. The van der Waals surface area contributed by atoms with Crippen molar-refractivity contribution in [1.82, 2.24) is 10.3 Å². The van der Waals surface area contributed by atoms with Crippen LogP contribution in [-0.4, -0.2) is 47.0 Å². The van der Waals surface area contributed by atoms with Crippen LogP contribution in [-0.2, 0) is 11.0 Å². The van der Waals surface area contributed by atoms with E-state index in [9.17, 15) is 31.5 Å². The van der Waals surface area contributed by atoms with Gasteiger partial charge in [0.2, 0.25) is 5.92 Å². The summed E-state index contributed by atoms with van der Waals surface area (Å²) in [4.78, 5) is 29.0. The van der Waals surface area contributed by atoms with Crippen LogP contribution in [0.15, 0.2) is 6.20 Å². The molecule has 2 heterocycles. The Morgan fingerprint density at radius 2 is 1.90 bits per heavy atom. The van der Waals surface area contributed by atoms with Crippen LogP contribution < -0.4 is 10.2 Å². The number of nitrogens with one attached hydrogen (secondary N) is 1. The van der Waals surface area contributed by atoms with Crippen molar-refractivity contribution in [2.45, 2.75) is 57.2 Å². The molecule has 0 spiro atoms. The maximum Gasteiger partial charge on any atom is 0.418 e. The summed E-state index contributed by atoms with van der Waals surface area (Å²) >= 11 is 0. The number of aromatic nitrogens is 1. The SMILES string of the molecule is Cc1c(C(F)(F)F)cnc(N2CCCC(F)(F)CC2)c1C(=O)N[C@H]1C[C@@H](C(=O)O)C1. The van der Waals surface area contributed by atoms with Gasteiger partial charge in [0.15, 0.2) is 0 Å². The molecule has 166 valence electrons. The number of aliphatic carboxylic acids is 1. The maximum absolute atomic E-state index is 13.7. The molecule has 1 saturated heterocycles. The predicted molar refractivity (Wildman–Crippen MR) is 96.6 cm³/mol. The van der Waals surface area contributed by atoms with E-state index in [1.165, 1.54) is 4.90 Å². The molecule has 6 nitrogen and oxygen atoms in total. The monoisotopic (exact) mass is 435 g/mol. The molecule has 30 heavy (non-hydrogen) atoms. The van der Waals surface area contributed by atoms with E-state index in [0.29, 0.717) is 6.20 Å². The Labute approximate surface area is 169 Å². The molecule has 1 aliphatic heterocycles. The number of rotatable bonds is 4. The number of carboxylic acid groups (broad SMARTS) is 1. The van der Waals surface area contributed by atoms with Crippen molar-refractivity contribution in [2.24, 2.45) is 5.92 Å². The highest BCUT2D eigenvalue weighted by Gasteiger charge is 2.40. The lowest BCUT2D eigenvalue weighted by molar-refractivity contribution is -0.145. The first-order chi connectivity index (χ1) is 13.9. The Hall–Kier alpha value is -2.46. The lowest BCUT2D eigenvalue weighted by Crippen LogP contribution is -2.47. The third-order valence-electron chi connectivity index (χ3n) is 5.69. The Morgan fingerprint density at radius 3 is 2.50 bits per heavy atom. The third-order valence-corrected chi connectivity index (χ3v) is 5.69. The number of carbonyl (C=O) groups is 2. The highest BCUT2D eigenvalue weighted by atomic mass is 19.4. The number of amides is 1. The Bertz CT molecular complexity index is 837. The summed E-state index contributed by atoms with van der Waals surface area (Å²) in [6, 6.07) is -0.478. The van der Waals surface area contributed by atoms with Crippen LogP contribution in [0.1, 0.15) is 53.6 Å². The predicted octanol–water partition coefficient (Wildman–Crippen LogP) is 3.63. The molecule has 0 unspecified atom stereocenters. The number of carboxylic acids is 1. The van der Waals surface area contributed by atoms with Crippen molar-refractivity contribution in [2.75, 3.05) is 18.0 Å². The van der Waals surface area contributed by atoms with E-state index in [4.69, 9.17) is 5.11 Å². The van der Waals surface area contributed by atoms with Crippen LogP contribution in [0.25, 0.3) is 0 Å². The molecule has 0 aromatic carbocycles. The number of anilines is 1. The number of nitrogens with zero attached hydrogens (tertiary/aromatic N) is 2. The minimum Gasteiger partial charge on any atom is -0.481 e. The summed E-state index contributed by atoms with van der Waals surface area (Å²) in [5.41, 5.74) is -1.72. The maximum atomic E-state index is 13.7. The van der Waals surface area contributed by atoms with Gasteiger partial charge in [-0.1, -0.05) is 0 Å². The Kier molecular flexibility index (Phi) is 5.92. The highest BCUT2D eigenvalue weighted by molar-refractivity contribution is 6.01. The molecular formula is C19H22F5N3O3. The van der Waals surface area contributed by atoms with Crippen LogP contribution in [0.3, 0.4) is 0 Å². The van der Waals surface area contributed by atoms with Gasteiger partial charge in [0.25, 0.3) is 5.91 Å². The molecule has 2 fully saturated rings. The standard InChI is InChI=1S/C19H22F5N3O3/c1-10-13(19(22,23)24)9-25-15(27-5-2-3-18(20,21)4-6-27)14(10)16(28)26-12-7-11(8-12)17(29)30/h9,11-12H,2-8H2,1H3,(H,26,28)(H,29,30)/t11-,12+. The van der Waals surface area contributed by atoms with Crippen molar-refractivity contribution < 1.29 is 36.6 Å². The van der Waals surface area contributed by atoms with E-state index in [0.717, 1.165) is 6.92 Å². The van der Waals surface area contributed by atoms with E-state index in [2.05, 4.69) is 10.3 Å². The lowest BCUT2D eigenvalue weighted by atomic mass is 9.80. The van der Waals surface area contributed by atoms with Crippen LogP contribution >= 0.6 is 0 Å². The van der Waals surface area contributed by atoms with E-state index in [1.807, 2.05) is 0 Å². The second kappa shape index (κ2) is 7.99. The molecule has 1 aromatic heterocycles. The van der Waals surface area contributed by atoms with Crippen molar-refractivity contribution in [1.29, 1.82) is 0 Å². The van der Waals surface area contributed by atoms with E-state index < -0.39 is 47.9 Å². The molecule has 2 N–H and O–H groups in total. The second-order valence-corrected chi connectivity index (χ2v) is 7.87. The third kappa shape index (κ3) is 4.65. The zero-order chi connectivity index (χ0) is 22.3. The van der Waals surface area contributed by atoms with E-state index >= 15 is 0 Å². The second-order valence-electron chi connectivity index (χ2n) is 7.87. The van der Waals surface area contributed by atoms with Crippen molar-refractivity contribution in [3.63, 3.8) is 0 Å². The molecule has 1 aliphatic carbocycles. The van der Waals surface area contributed by atoms with Gasteiger partial charge in [-0.15, -0.1) is 0 Å². The summed E-state index contributed by atoms with van der Waals surface area (Å²) in [5, 5.41) is 11.5. The molecule has 11 heteroatoms. The highest BCUT2D eigenvalue weighted by Crippen LogP contribution is 2.37. The van der Waals surface area contributed by atoms with Crippen molar-refractivity contribution in [3.8, 4) is 0 Å². The average molecular weight is 435 g/mol. The van der Waals surface area contributed by atoms with Gasteiger partial charge in [-0.25, -0.2) is 13.8 Å². The van der Waals surface area contributed by atoms with E-state index in [-0.39, 0.29) is 55.7 Å². The number of pyridine rings is 1. The first-order valence-electron chi connectivity index (χ1n) is 9.62. The Balaban J connectivity index is 1.92. The fourth-order valence-corrected chi connectivity index (χ4v) is 3.86. The molecule has 1 saturated carbocycles. The van der Waals surface area contributed by atoms with E-state index in [1.54, 1.807) is 0 Å². The van der Waals surface area contributed by atoms with Crippen LogP contribution in [0.4, 0.5) is 27.8 Å². The molecule has 0 atom stereocenters. The molecule has 2 aliphatic rings. The normalized spacial score (nSPS) is 24.0. The first kappa shape index (κ1) is 22.2. The number of carbonyl (C=O) groups excluding carboxylic acids is 1. The molecule has 1 aromatic rings. The van der Waals surface area contributed by atoms with Gasteiger partial charge in [-0.3, -0.25) is 9.59 Å². The number of halogens is 5. The summed E-state index contributed by atoms with van der Waals surface area (Å²) < 4.78 is 67.5. The Morgan fingerprint density at radius 1 is 1.23 bits per heavy atom. The minimum absolute atomic E-state index is 0.0650. The first-order valence-corrected chi connectivity index (χ1v) is 9.62. The molecule has 0 bridgehead atoms. The lowest BCUT2D eigenvalue weighted by Gasteiger charge is -2.33. The van der Waals surface area contributed by atoms with Crippen molar-refractivity contribution in [3.05, 3.63) is 22.9 Å². The molecule has 0 radical (unpaired) electrons. The fraction of sp³-hybridized carbons (Fsp3) is 0.632. The zero-order valence-electron chi connectivity index (χ0n) is 16.2. The summed E-state index contributed by atoms with van der Waals surface area (Å²) in [5.74, 6) is -5.36. The van der Waals surface area contributed by atoms with Gasteiger partial charge in [0.05, 0.1) is 17.0 Å². The molecular weight excluding hydrogens is 413 g/mol. The van der Waals surface area contributed by atoms with Crippen molar-refractivity contribution >= 4 is 17.7 Å². The van der Waals surface area contributed by atoms with Crippen LogP contribution in [0.5, 0.6) is 0 Å². The smallest absolute Gasteiger partial charge is 0.418 e. The summed E-state index contributed by atoms with van der Waals surface area (Å²) in [6.45, 7) is 1.14. The number of hydrogen-bond acceptors (Lipinski definition) is 4. The molecule has 3 rings (SSSR count). The van der Waals surface area contributed by atoms with Crippen LogP contribution in [0, 0.1) is 12.8 Å². The van der Waals surface area contributed by atoms with Gasteiger partial charge in [0, 0.05) is 38.2 Å². The zero-order valence-corrected chi connectivity index (χ0v) is 16.2. The summed E-state index contributed by atoms with van der Waals surface area (Å²) in [7, 11) is 0. The topological polar surface area (TPSA) is 82.5 Å². The number of alkyl halides is 5. The largest absolute Gasteiger partial charge is 0.481 e. The van der Waals surface area contributed by atoms with Gasteiger partial charge in [0.1, 0.15) is 5.82 Å². The number of hydrogen-bond donors (Lipinski definition) is 2. The molecule has 1 amide bonds.